The van der Waals surface area contributed by atoms with Crippen molar-refractivity contribution in [2.45, 2.75) is 59.3 Å². The maximum absolute atomic E-state index is 12.5. The molecule has 26 heavy (non-hydrogen) atoms. The molecule has 0 fully saturated rings. The van der Waals surface area contributed by atoms with Crippen molar-refractivity contribution in [3.8, 4) is 0 Å². The second-order valence-corrected chi connectivity index (χ2v) is 7.11. The van der Waals surface area contributed by atoms with Crippen LogP contribution in [0.2, 0.25) is 0 Å². The highest BCUT2D eigenvalue weighted by Crippen LogP contribution is 2.26. The second-order valence-electron chi connectivity index (χ2n) is 7.11. The third-order valence-electron chi connectivity index (χ3n) is 4.72. The molecule has 0 radical (unpaired) electrons. The third kappa shape index (κ3) is 4.05. The predicted octanol–water partition coefficient (Wildman–Crippen LogP) is 3.70. The average Bonchev–Trinajstić information content (AvgIpc) is 2.97. The first-order valence-electron chi connectivity index (χ1n) is 9.18. The molecule has 2 N–H and O–H groups in total. The van der Waals surface area contributed by atoms with Crippen LogP contribution in [0, 0.1) is 6.92 Å². The Hall–Kier alpha value is -2.40. The van der Waals surface area contributed by atoms with Crippen LogP contribution in [0.4, 0.5) is 0 Å². The summed E-state index contributed by atoms with van der Waals surface area (Å²) in [7, 11) is 0. The van der Waals surface area contributed by atoms with Gasteiger partial charge in [0.25, 0.3) is 5.91 Å². The number of fused-ring (bicyclic) bond motifs is 1. The fourth-order valence-electron chi connectivity index (χ4n) is 3.29. The molecule has 3 rings (SSSR count). The van der Waals surface area contributed by atoms with Gasteiger partial charge in [-0.3, -0.25) is 9.59 Å². The van der Waals surface area contributed by atoms with Crippen molar-refractivity contribution in [1.29, 1.82) is 0 Å². The van der Waals surface area contributed by atoms with Crippen LogP contribution < -0.4 is 5.32 Å². The topological polar surface area (TPSA) is 71.2 Å². The standard InChI is InChI=1S/C21H26N2O3/c1-13(2)26-12-16-9-7-15(8-10-16)11-22-21(25)20-14(3)19-17(23-20)5-4-6-18(19)24/h7-10,13,23H,4-6,11-12H2,1-3H3,(H,22,25). The van der Waals surface area contributed by atoms with Gasteiger partial charge in [-0.1, -0.05) is 24.3 Å². The highest BCUT2D eigenvalue weighted by Gasteiger charge is 2.26. The van der Waals surface area contributed by atoms with E-state index in [1.54, 1.807) is 0 Å². The quantitative estimate of drug-likeness (QED) is 0.831. The maximum Gasteiger partial charge on any atom is 0.268 e. The normalized spacial score (nSPS) is 13.8. The minimum atomic E-state index is -0.170. The summed E-state index contributed by atoms with van der Waals surface area (Å²) < 4.78 is 5.58. The van der Waals surface area contributed by atoms with E-state index in [9.17, 15) is 9.59 Å². The van der Waals surface area contributed by atoms with E-state index in [0.717, 1.165) is 40.8 Å². The van der Waals surface area contributed by atoms with Gasteiger partial charge in [0.1, 0.15) is 5.69 Å². The van der Waals surface area contributed by atoms with E-state index in [4.69, 9.17) is 4.74 Å². The monoisotopic (exact) mass is 354 g/mol. The van der Waals surface area contributed by atoms with Gasteiger partial charge in [-0.25, -0.2) is 0 Å². The molecule has 0 aliphatic heterocycles. The molecule has 2 aromatic rings. The molecule has 0 saturated heterocycles. The Morgan fingerprint density at radius 1 is 1.19 bits per heavy atom. The van der Waals surface area contributed by atoms with E-state index in [2.05, 4.69) is 10.3 Å². The van der Waals surface area contributed by atoms with Crippen LogP contribution in [-0.2, 0) is 24.3 Å². The number of Topliss-reactive ketones (excluding diaryl/α,β-unsaturated/α-hetero) is 1. The molecule has 1 amide bonds. The molecule has 0 bridgehead atoms. The fourth-order valence-corrected chi connectivity index (χ4v) is 3.29. The van der Waals surface area contributed by atoms with Crippen LogP contribution >= 0.6 is 0 Å². The lowest BCUT2D eigenvalue weighted by molar-refractivity contribution is 0.0657. The molecule has 0 unspecified atom stereocenters. The number of H-pyrrole nitrogens is 1. The van der Waals surface area contributed by atoms with Crippen LogP contribution in [0.5, 0.6) is 0 Å². The molecule has 1 aromatic heterocycles. The van der Waals surface area contributed by atoms with Crippen molar-refractivity contribution in [2.75, 3.05) is 0 Å². The number of ketones is 1. The number of carbonyl (C=O) groups excluding carboxylic acids is 2. The summed E-state index contributed by atoms with van der Waals surface area (Å²) >= 11 is 0. The van der Waals surface area contributed by atoms with Crippen molar-refractivity contribution in [3.05, 3.63) is 57.9 Å². The number of hydrogen-bond donors (Lipinski definition) is 2. The second kappa shape index (κ2) is 7.87. The number of amides is 1. The molecule has 0 spiro atoms. The van der Waals surface area contributed by atoms with Gasteiger partial charge in [-0.15, -0.1) is 0 Å². The van der Waals surface area contributed by atoms with E-state index in [-0.39, 0.29) is 17.8 Å². The van der Waals surface area contributed by atoms with Gasteiger partial charge in [-0.2, -0.15) is 0 Å². The van der Waals surface area contributed by atoms with Gasteiger partial charge in [0.15, 0.2) is 5.78 Å². The van der Waals surface area contributed by atoms with Gasteiger partial charge >= 0.3 is 0 Å². The fraction of sp³-hybridized carbons (Fsp3) is 0.429. The number of hydrogen-bond acceptors (Lipinski definition) is 3. The van der Waals surface area contributed by atoms with Gasteiger partial charge in [0.05, 0.1) is 12.7 Å². The molecule has 1 heterocycles. The lowest BCUT2D eigenvalue weighted by atomic mass is 9.94. The smallest absolute Gasteiger partial charge is 0.268 e. The first-order valence-corrected chi connectivity index (χ1v) is 9.18. The van der Waals surface area contributed by atoms with Crippen molar-refractivity contribution in [1.82, 2.24) is 10.3 Å². The molecule has 5 nitrogen and oxygen atoms in total. The van der Waals surface area contributed by atoms with Crippen molar-refractivity contribution < 1.29 is 14.3 Å². The predicted molar refractivity (Wildman–Crippen MR) is 100 cm³/mol. The minimum absolute atomic E-state index is 0.137. The van der Waals surface area contributed by atoms with Gasteiger partial charge < -0.3 is 15.0 Å². The number of aromatic amines is 1. The van der Waals surface area contributed by atoms with E-state index >= 15 is 0 Å². The molecule has 1 aliphatic carbocycles. The Labute approximate surface area is 154 Å². The number of aromatic nitrogens is 1. The molecule has 5 heteroatoms. The van der Waals surface area contributed by atoms with Crippen LogP contribution in [-0.4, -0.2) is 22.8 Å². The summed E-state index contributed by atoms with van der Waals surface area (Å²) in [5, 5.41) is 2.94. The van der Waals surface area contributed by atoms with Gasteiger partial charge in [0.2, 0.25) is 0 Å². The minimum Gasteiger partial charge on any atom is -0.374 e. The van der Waals surface area contributed by atoms with Crippen molar-refractivity contribution in [3.63, 3.8) is 0 Å². The largest absolute Gasteiger partial charge is 0.374 e. The van der Waals surface area contributed by atoms with E-state index in [1.807, 2.05) is 45.0 Å². The summed E-state index contributed by atoms with van der Waals surface area (Å²) in [4.78, 5) is 27.8. The number of nitrogens with one attached hydrogen (secondary N) is 2. The zero-order chi connectivity index (χ0) is 18.7. The Morgan fingerprint density at radius 2 is 1.88 bits per heavy atom. The molecule has 1 aromatic carbocycles. The highest BCUT2D eigenvalue weighted by molar-refractivity contribution is 6.04. The third-order valence-corrected chi connectivity index (χ3v) is 4.72. The summed E-state index contributed by atoms with van der Waals surface area (Å²) in [5.41, 5.74) is 5.03. The van der Waals surface area contributed by atoms with Crippen LogP contribution in [0.1, 0.15) is 69.9 Å². The molecule has 0 saturated carbocycles. The first-order chi connectivity index (χ1) is 12.5. The number of ether oxygens (including phenoxy) is 1. The zero-order valence-electron chi connectivity index (χ0n) is 15.6. The zero-order valence-corrected chi connectivity index (χ0v) is 15.6. The maximum atomic E-state index is 12.5. The summed E-state index contributed by atoms with van der Waals surface area (Å²) in [6.07, 6.45) is 2.45. The molecular formula is C21H26N2O3. The van der Waals surface area contributed by atoms with Crippen LogP contribution in [0.15, 0.2) is 24.3 Å². The van der Waals surface area contributed by atoms with Gasteiger partial charge in [0, 0.05) is 24.2 Å². The summed E-state index contributed by atoms with van der Waals surface area (Å²) in [6, 6.07) is 8.02. The summed E-state index contributed by atoms with van der Waals surface area (Å²) in [6.45, 7) is 6.90. The van der Waals surface area contributed by atoms with Crippen molar-refractivity contribution in [2.24, 2.45) is 0 Å². The first kappa shape index (κ1) is 18.4. The van der Waals surface area contributed by atoms with E-state index < -0.39 is 0 Å². The Balaban J connectivity index is 1.62. The molecule has 0 atom stereocenters. The van der Waals surface area contributed by atoms with Crippen LogP contribution in [0.25, 0.3) is 0 Å². The molecule has 1 aliphatic rings. The number of carbonyl (C=O) groups is 2. The van der Waals surface area contributed by atoms with Gasteiger partial charge in [-0.05, 0) is 50.3 Å². The van der Waals surface area contributed by atoms with Crippen LogP contribution in [0.3, 0.4) is 0 Å². The Bertz CT molecular complexity index is 803. The highest BCUT2D eigenvalue weighted by atomic mass is 16.5. The van der Waals surface area contributed by atoms with E-state index in [1.165, 1.54) is 0 Å². The molecular weight excluding hydrogens is 328 g/mol. The Kier molecular flexibility index (Phi) is 5.57. The number of aryl methyl sites for hydroxylation is 1. The Morgan fingerprint density at radius 3 is 2.54 bits per heavy atom. The molecule has 138 valence electrons. The summed E-state index contributed by atoms with van der Waals surface area (Å²) in [5.74, 6) is -0.0322. The van der Waals surface area contributed by atoms with E-state index in [0.29, 0.717) is 25.3 Å². The lowest BCUT2D eigenvalue weighted by Gasteiger charge is -2.09. The lowest BCUT2D eigenvalue weighted by Crippen LogP contribution is -2.24. The number of rotatable bonds is 6. The SMILES string of the molecule is Cc1c(C(=O)NCc2ccc(COC(C)C)cc2)[nH]c2c1C(=O)CCC2. The average molecular weight is 354 g/mol. The number of benzene rings is 1. The van der Waals surface area contributed by atoms with Crippen molar-refractivity contribution >= 4 is 11.7 Å².